The molecule has 102 valence electrons. The van der Waals surface area contributed by atoms with E-state index >= 15 is 0 Å². The summed E-state index contributed by atoms with van der Waals surface area (Å²) in [6.45, 7) is 6.36. The van der Waals surface area contributed by atoms with Crippen LogP contribution in [0.25, 0.3) is 0 Å². The average Bonchev–Trinajstić information content (AvgIpc) is 2.53. The molecule has 1 N–H and O–H groups in total. The number of hydrogen-bond acceptors (Lipinski definition) is 4. The summed E-state index contributed by atoms with van der Waals surface area (Å²) >= 11 is 1.52. The van der Waals surface area contributed by atoms with Crippen LogP contribution in [-0.4, -0.2) is 50.8 Å². The number of carbonyl (C=O) groups is 2. The van der Waals surface area contributed by atoms with E-state index in [1.54, 1.807) is 0 Å². The van der Waals surface area contributed by atoms with E-state index < -0.39 is 22.9 Å². The number of nitrogens with zero attached hydrogens (tertiary/aromatic N) is 1. The van der Waals surface area contributed by atoms with E-state index in [0.29, 0.717) is 6.61 Å². The average molecular weight is 273 g/mol. The Morgan fingerprint density at radius 1 is 1.56 bits per heavy atom. The van der Waals surface area contributed by atoms with Crippen LogP contribution in [0.5, 0.6) is 0 Å². The lowest BCUT2D eigenvalue weighted by Crippen LogP contribution is -2.66. The van der Waals surface area contributed by atoms with E-state index in [2.05, 4.69) is 6.92 Å². The molecule has 0 radical (unpaired) electrons. The lowest BCUT2D eigenvalue weighted by atomic mass is 9.97. The van der Waals surface area contributed by atoms with Crippen LogP contribution < -0.4 is 0 Å². The van der Waals surface area contributed by atoms with Gasteiger partial charge >= 0.3 is 5.97 Å². The van der Waals surface area contributed by atoms with E-state index in [9.17, 15) is 14.7 Å². The molecule has 0 saturated carbocycles. The van der Waals surface area contributed by atoms with Crippen LogP contribution in [0.2, 0.25) is 0 Å². The first-order valence-corrected chi connectivity index (χ1v) is 7.12. The van der Waals surface area contributed by atoms with Crippen LogP contribution in [0.15, 0.2) is 0 Å². The molecule has 5 nitrogen and oxygen atoms in total. The molecule has 18 heavy (non-hydrogen) atoms. The van der Waals surface area contributed by atoms with Crippen LogP contribution in [0, 0.1) is 0 Å². The number of thioether (sulfide) groups is 1. The molecule has 2 rings (SSSR count). The molecule has 0 aromatic carbocycles. The van der Waals surface area contributed by atoms with Gasteiger partial charge in [0, 0.05) is 11.4 Å². The van der Waals surface area contributed by atoms with Gasteiger partial charge in [0.15, 0.2) is 6.10 Å². The van der Waals surface area contributed by atoms with Gasteiger partial charge in [0.05, 0.1) is 0 Å². The maximum Gasteiger partial charge on any atom is 0.327 e. The molecule has 0 bridgehead atoms. The molecule has 2 aliphatic rings. The Balaban J connectivity index is 2.05. The number of hydrogen-bond donors (Lipinski definition) is 1. The highest BCUT2D eigenvalue weighted by molar-refractivity contribution is 8.01. The largest absolute Gasteiger partial charge is 0.480 e. The third-order valence-electron chi connectivity index (χ3n) is 3.42. The van der Waals surface area contributed by atoms with Crippen molar-refractivity contribution in [2.75, 3.05) is 6.61 Å². The summed E-state index contributed by atoms with van der Waals surface area (Å²) in [6.07, 6.45) is 1.49. The Bertz CT molecular complexity index is 371. The van der Waals surface area contributed by atoms with Gasteiger partial charge < -0.3 is 14.7 Å². The summed E-state index contributed by atoms with van der Waals surface area (Å²) in [5.41, 5.74) is 0. The number of aliphatic carboxylic acids is 1. The van der Waals surface area contributed by atoms with Crippen LogP contribution >= 0.6 is 11.8 Å². The summed E-state index contributed by atoms with van der Waals surface area (Å²) in [6, 6.07) is -0.744. The van der Waals surface area contributed by atoms with Gasteiger partial charge in [0.2, 0.25) is 0 Å². The van der Waals surface area contributed by atoms with Gasteiger partial charge in [-0.05, 0) is 20.3 Å². The van der Waals surface area contributed by atoms with Crippen molar-refractivity contribution < 1.29 is 19.4 Å². The number of amides is 1. The summed E-state index contributed by atoms with van der Waals surface area (Å²) < 4.78 is 5.10. The van der Waals surface area contributed by atoms with Crippen LogP contribution in [0.4, 0.5) is 0 Å². The van der Waals surface area contributed by atoms with E-state index in [1.807, 2.05) is 13.8 Å². The highest BCUT2D eigenvalue weighted by atomic mass is 32.2. The Morgan fingerprint density at radius 2 is 2.22 bits per heavy atom. The van der Waals surface area contributed by atoms with Crippen molar-refractivity contribution in [1.29, 1.82) is 0 Å². The Labute approximate surface area is 111 Å². The third kappa shape index (κ3) is 2.01. The second kappa shape index (κ2) is 4.74. The van der Waals surface area contributed by atoms with Gasteiger partial charge in [-0.2, -0.15) is 0 Å². The quantitative estimate of drug-likeness (QED) is 0.604. The number of carbonyl (C=O) groups excluding carboxylic acids is 1. The summed E-state index contributed by atoms with van der Waals surface area (Å²) in [5, 5.41) is 9.11. The summed E-state index contributed by atoms with van der Waals surface area (Å²) in [7, 11) is 0. The van der Waals surface area contributed by atoms with Crippen molar-refractivity contribution in [2.45, 2.75) is 55.9 Å². The third-order valence-corrected chi connectivity index (χ3v) is 4.97. The molecule has 0 spiro atoms. The fourth-order valence-electron chi connectivity index (χ4n) is 2.49. The molecule has 2 saturated heterocycles. The maximum absolute atomic E-state index is 12.0. The summed E-state index contributed by atoms with van der Waals surface area (Å²) in [5.74, 6) is -1.11. The van der Waals surface area contributed by atoms with Crippen LogP contribution in [0.1, 0.15) is 33.6 Å². The molecule has 0 aliphatic carbocycles. The first kappa shape index (κ1) is 13.7. The van der Waals surface area contributed by atoms with Crippen molar-refractivity contribution in [2.24, 2.45) is 0 Å². The normalized spacial score (nSPS) is 33.2. The van der Waals surface area contributed by atoms with Gasteiger partial charge in [-0.3, -0.25) is 4.79 Å². The molecule has 0 unspecified atom stereocenters. The molecule has 6 heteroatoms. The predicted molar refractivity (Wildman–Crippen MR) is 68.4 cm³/mol. The second-order valence-corrected chi connectivity index (χ2v) is 7.01. The minimum atomic E-state index is -0.935. The Kier molecular flexibility index (Phi) is 3.60. The highest BCUT2D eigenvalue weighted by Crippen LogP contribution is 2.51. The van der Waals surface area contributed by atoms with Crippen molar-refractivity contribution in [3.05, 3.63) is 0 Å². The molecule has 2 fully saturated rings. The fraction of sp³-hybridized carbons (Fsp3) is 0.833. The van der Waals surface area contributed by atoms with Crippen molar-refractivity contribution in [3.8, 4) is 0 Å². The Hall–Kier alpha value is -0.750. The highest BCUT2D eigenvalue weighted by Gasteiger charge is 2.64. The van der Waals surface area contributed by atoms with Gasteiger partial charge in [0.1, 0.15) is 11.4 Å². The molecule has 2 heterocycles. The zero-order valence-electron chi connectivity index (χ0n) is 10.9. The van der Waals surface area contributed by atoms with Gasteiger partial charge in [0.25, 0.3) is 5.91 Å². The Morgan fingerprint density at radius 3 is 2.78 bits per heavy atom. The van der Waals surface area contributed by atoms with Crippen LogP contribution in [0.3, 0.4) is 0 Å². The maximum atomic E-state index is 12.0. The molecule has 3 atom stereocenters. The van der Waals surface area contributed by atoms with Crippen molar-refractivity contribution in [1.82, 2.24) is 4.90 Å². The fourth-order valence-corrected chi connectivity index (χ4v) is 4.11. The first-order chi connectivity index (χ1) is 8.40. The van der Waals surface area contributed by atoms with E-state index in [0.717, 1.165) is 12.8 Å². The smallest absolute Gasteiger partial charge is 0.327 e. The van der Waals surface area contributed by atoms with Crippen LogP contribution in [-0.2, 0) is 14.3 Å². The number of fused-ring (bicyclic) bond motifs is 1. The van der Waals surface area contributed by atoms with E-state index in [-0.39, 0.29) is 11.3 Å². The number of ether oxygens (including phenoxy) is 1. The van der Waals surface area contributed by atoms with E-state index in [1.165, 1.54) is 16.7 Å². The van der Waals surface area contributed by atoms with Crippen molar-refractivity contribution in [3.63, 3.8) is 0 Å². The molecular formula is C12H19NO4S. The topological polar surface area (TPSA) is 66.8 Å². The zero-order chi connectivity index (χ0) is 13.5. The minimum Gasteiger partial charge on any atom is -0.480 e. The SMILES string of the molecule is CCCCO[C@@H]1C(=O)N2[C@@H]1SC(C)(C)[C@@H]2C(=O)O. The molecule has 2 aliphatic heterocycles. The first-order valence-electron chi connectivity index (χ1n) is 6.24. The minimum absolute atomic E-state index is 0.134. The summed E-state index contributed by atoms with van der Waals surface area (Å²) in [4.78, 5) is 24.7. The van der Waals surface area contributed by atoms with Crippen molar-refractivity contribution >= 4 is 23.6 Å². The number of carboxylic acids is 1. The van der Waals surface area contributed by atoms with Gasteiger partial charge in [-0.1, -0.05) is 13.3 Å². The molecule has 0 aromatic rings. The zero-order valence-corrected chi connectivity index (χ0v) is 11.7. The van der Waals surface area contributed by atoms with Gasteiger partial charge in [-0.15, -0.1) is 11.8 Å². The number of rotatable bonds is 5. The van der Waals surface area contributed by atoms with E-state index in [4.69, 9.17) is 4.74 Å². The number of unbranched alkanes of at least 4 members (excludes halogenated alkanes) is 1. The number of β-lactam (4-membered cyclic amide) rings is 1. The van der Waals surface area contributed by atoms with Gasteiger partial charge in [-0.25, -0.2) is 4.79 Å². The molecule has 0 aromatic heterocycles. The lowest BCUT2D eigenvalue weighted by molar-refractivity contribution is -0.175. The number of carboxylic acid groups (broad SMARTS) is 1. The predicted octanol–water partition coefficient (Wildman–Crippen LogP) is 1.32. The molecule has 1 amide bonds. The second-order valence-electron chi connectivity index (χ2n) is 5.24. The molecular weight excluding hydrogens is 254 g/mol. The lowest BCUT2D eigenvalue weighted by Gasteiger charge is -2.43. The standard InChI is InChI=1S/C12H19NO4S/c1-4-5-6-17-7-9(14)13-8(11(15)16)12(2,3)18-10(7)13/h7-8,10H,4-6H2,1-3H3,(H,15,16)/t7-,8+,10-/m1/s1. The monoisotopic (exact) mass is 273 g/mol.